The summed E-state index contributed by atoms with van der Waals surface area (Å²) in [6.07, 6.45) is 0.208. The molecule has 6 heteroatoms. The minimum absolute atomic E-state index is 0.146. The predicted molar refractivity (Wildman–Crippen MR) is 94.4 cm³/mol. The van der Waals surface area contributed by atoms with Crippen LogP contribution in [0.3, 0.4) is 0 Å². The maximum atomic E-state index is 11.1. The molecule has 1 aliphatic rings. The highest BCUT2D eigenvalue weighted by molar-refractivity contribution is 7.13. The van der Waals surface area contributed by atoms with Crippen LogP contribution in [0.2, 0.25) is 0 Å². The van der Waals surface area contributed by atoms with Crippen LogP contribution in [0.4, 0.5) is 0 Å². The van der Waals surface area contributed by atoms with E-state index in [1.807, 2.05) is 6.07 Å². The van der Waals surface area contributed by atoms with Gasteiger partial charge in [0.2, 0.25) is 0 Å². The molecule has 0 amide bonds. The average molecular weight is 346 g/mol. The van der Waals surface area contributed by atoms with Crippen LogP contribution >= 0.6 is 11.3 Å². The molecule has 0 spiro atoms. The quantitative estimate of drug-likeness (QED) is 0.918. The Hall–Kier alpha value is -1.76. The number of carbonyl (C=O) groups is 1. The summed E-state index contributed by atoms with van der Waals surface area (Å²) in [4.78, 5) is 18.2. The highest BCUT2D eigenvalue weighted by atomic mass is 32.1. The van der Waals surface area contributed by atoms with Crippen LogP contribution in [-0.4, -0.2) is 45.8 Å². The van der Waals surface area contributed by atoms with Crippen molar-refractivity contribution in [2.24, 2.45) is 0 Å². The normalized spacial score (nSPS) is 20.9. The first-order valence-electron chi connectivity index (χ1n) is 8.01. The summed E-state index contributed by atoms with van der Waals surface area (Å²) in [5.74, 6) is -0.918. The van der Waals surface area contributed by atoms with Crippen LogP contribution in [-0.2, 0) is 11.3 Å². The Morgan fingerprint density at radius 3 is 3.00 bits per heavy atom. The standard InChI is InChI=1S/C18H22N2O3S/c1-12-8-20(11-18(2,3)23-12)9-15-10-24-16(19-15)13-5-4-6-14(7-13)17(21)22/h4-7,10,12H,8-9,11H2,1-3H3,(H,21,22). The fraction of sp³-hybridized carbons (Fsp3) is 0.444. The molecule has 2 heterocycles. The largest absolute Gasteiger partial charge is 0.478 e. The summed E-state index contributed by atoms with van der Waals surface area (Å²) in [6, 6.07) is 6.92. The first-order valence-corrected chi connectivity index (χ1v) is 8.89. The molecule has 1 aromatic carbocycles. The van der Waals surface area contributed by atoms with E-state index in [4.69, 9.17) is 14.8 Å². The molecule has 1 aromatic heterocycles. The van der Waals surface area contributed by atoms with E-state index in [1.165, 1.54) is 0 Å². The number of hydrogen-bond acceptors (Lipinski definition) is 5. The number of hydrogen-bond donors (Lipinski definition) is 1. The number of thiazole rings is 1. The van der Waals surface area contributed by atoms with Crippen LogP contribution in [0.15, 0.2) is 29.6 Å². The number of aromatic nitrogens is 1. The second-order valence-electron chi connectivity index (χ2n) is 6.89. The molecule has 0 bridgehead atoms. The lowest BCUT2D eigenvalue weighted by atomic mass is 10.1. The molecular weight excluding hydrogens is 324 g/mol. The molecule has 2 aromatic rings. The van der Waals surface area contributed by atoms with Crippen LogP contribution < -0.4 is 0 Å². The van der Waals surface area contributed by atoms with Gasteiger partial charge >= 0.3 is 5.97 Å². The molecular formula is C18H22N2O3S. The Morgan fingerprint density at radius 1 is 1.50 bits per heavy atom. The van der Waals surface area contributed by atoms with Gasteiger partial charge in [0.1, 0.15) is 5.01 Å². The lowest BCUT2D eigenvalue weighted by molar-refractivity contribution is -0.130. The first-order chi connectivity index (χ1) is 11.3. The van der Waals surface area contributed by atoms with Gasteiger partial charge in [-0.3, -0.25) is 4.90 Å². The Labute approximate surface area is 145 Å². The molecule has 0 saturated carbocycles. The number of morpholine rings is 1. The van der Waals surface area contributed by atoms with Crippen molar-refractivity contribution in [1.82, 2.24) is 9.88 Å². The Kier molecular flexibility index (Phi) is 4.71. The fourth-order valence-electron chi connectivity index (χ4n) is 3.23. The highest BCUT2D eigenvalue weighted by Crippen LogP contribution is 2.27. The second kappa shape index (κ2) is 6.63. The van der Waals surface area contributed by atoms with Crippen LogP contribution in [0.1, 0.15) is 36.8 Å². The Morgan fingerprint density at radius 2 is 2.29 bits per heavy atom. The van der Waals surface area contributed by atoms with Gasteiger partial charge in [-0.1, -0.05) is 12.1 Å². The van der Waals surface area contributed by atoms with E-state index in [0.717, 1.165) is 35.9 Å². The van der Waals surface area contributed by atoms with Crippen molar-refractivity contribution >= 4 is 17.3 Å². The number of benzene rings is 1. The molecule has 5 nitrogen and oxygen atoms in total. The van der Waals surface area contributed by atoms with Gasteiger partial charge in [-0.2, -0.15) is 0 Å². The van der Waals surface area contributed by atoms with Gasteiger partial charge in [0, 0.05) is 30.6 Å². The zero-order valence-electron chi connectivity index (χ0n) is 14.2. The third-order valence-electron chi connectivity index (χ3n) is 3.93. The van der Waals surface area contributed by atoms with Gasteiger partial charge in [0.15, 0.2) is 0 Å². The highest BCUT2D eigenvalue weighted by Gasteiger charge is 2.31. The third-order valence-corrected chi connectivity index (χ3v) is 4.87. The van der Waals surface area contributed by atoms with Crippen molar-refractivity contribution in [3.8, 4) is 10.6 Å². The van der Waals surface area contributed by atoms with E-state index in [-0.39, 0.29) is 17.3 Å². The van der Waals surface area contributed by atoms with Crippen molar-refractivity contribution in [3.63, 3.8) is 0 Å². The minimum Gasteiger partial charge on any atom is -0.478 e. The summed E-state index contributed by atoms with van der Waals surface area (Å²) in [5.41, 5.74) is 2.00. The SMILES string of the molecule is CC1CN(Cc2csc(-c3cccc(C(=O)O)c3)n2)CC(C)(C)O1. The molecule has 1 aliphatic heterocycles. The minimum atomic E-state index is -0.918. The Bertz CT molecular complexity index is 741. The summed E-state index contributed by atoms with van der Waals surface area (Å²) >= 11 is 1.55. The maximum Gasteiger partial charge on any atom is 0.335 e. The molecule has 24 heavy (non-hydrogen) atoms. The summed E-state index contributed by atoms with van der Waals surface area (Å²) < 4.78 is 5.94. The van der Waals surface area contributed by atoms with E-state index >= 15 is 0 Å². The van der Waals surface area contributed by atoms with Gasteiger partial charge in [0.05, 0.1) is 23.0 Å². The van der Waals surface area contributed by atoms with E-state index in [0.29, 0.717) is 0 Å². The summed E-state index contributed by atoms with van der Waals surface area (Å²) in [6.45, 7) is 8.87. The van der Waals surface area contributed by atoms with Gasteiger partial charge in [0.25, 0.3) is 0 Å². The second-order valence-corrected chi connectivity index (χ2v) is 7.75. The molecule has 128 valence electrons. The number of ether oxygens (including phenoxy) is 1. The smallest absolute Gasteiger partial charge is 0.335 e. The lowest BCUT2D eigenvalue weighted by Gasteiger charge is -2.41. The predicted octanol–water partition coefficient (Wildman–Crippen LogP) is 3.51. The van der Waals surface area contributed by atoms with Crippen LogP contribution in [0.5, 0.6) is 0 Å². The number of nitrogens with zero attached hydrogens (tertiary/aromatic N) is 2. The van der Waals surface area contributed by atoms with Crippen molar-refractivity contribution < 1.29 is 14.6 Å². The monoisotopic (exact) mass is 346 g/mol. The maximum absolute atomic E-state index is 11.1. The first kappa shape index (κ1) is 17.1. The molecule has 1 unspecified atom stereocenters. The topological polar surface area (TPSA) is 62.7 Å². The summed E-state index contributed by atoms with van der Waals surface area (Å²) in [7, 11) is 0. The van der Waals surface area contributed by atoms with Gasteiger partial charge in [-0.25, -0.2) is 9.78 Å². The van der Waals surface area contributed by atoms with Gasteiger partial charge in [-0.05, 0) is 32.9 Å². The van der Waals surface area contributed by atoms with Crippen LogP contribution in [0.25, 0.3) is 10.6 Å². The third kappa shape index (κ3) is 4.01. The zero-order chi connectivity index (χ0) is 17.3. The summed E-state index contributed by atoms with van der Waals surface area (Å²) in [5, 5.41) is 12.0. The molecule has 0 aliphatic carbocycles. The average Bonchev–Trinajstić information content (AvgIpc) is 2.93. The van der Waals surface area contributed by atoms with Crippen molar-refractivity contribution in [2.45, 2.75) is 39.0 Å². The number of aromatic carboxylic acids is 1. The Balaban J connectivity index is 1.74. The van der Waals surface area contributed by atoms with Gasteiger partial charge < -0.3 is 9.84 Å². The lowest BCUT2D eigenvalue weighted by Crippen LogP contribution is -2.51. The zero-order valence-corrected chi connectivity index (χ0v) is 15.0. The van der Waals surface area contributed by atoms with E-state index < -0.39 is 5.97 Å². The van der Waals surface area contributed by atoms with E-state index in [2.05, 4.69) is 31.1 Å². The molecule has 1 atom stereocenters. The molecule has 1 N–H and O–H groups in total. The van der Waals surface area contributed by atoms with Crippen molar-refractivity contribution in [3.05, 3.63) is 40.9 Å². The molecule has 1 saturated heterocycles. The fourth-order valence-corrected chi connectivity index (χ4v) is 4.04. The van der Waals surface area contributed by atoms with Gasteiger partial charge in [-0.15, -0.1) is 11.3 Å². The van der Waals surface area contributed by atoms with Crippen molar-refractivity contribution in [2.75, 3.05) is 13.1 Å². The molecule has 1 fully saturated rings. The molecule has 3 rings (SSSR count). The molecule has 0 radical (unpaired) electrons. The number of carboxylic acid groups (broad SMARTS) is 1. The van der Waals surface area contributed by atoms with Crippen LogP contribution in [0, 0.1) is 0 Å². The number of rotatable bonds is 4. The van der Waals surface area contributed by atoms with E-state index in [9.17, 15) is 4.79 Å². The van der Waals surface area contributed by atoms with E-state index in [1.54, 1.807) is 29.5 Å². The van der Waals surface area contributed by atoms with Crippen molar-refractivity contribution in [1.29, 1.82) is 0 Å². The number of carboxylic acids is 1.